The highest BCUT2D eigenvalue weighted by Gasteiger charge is 2.25. The lowest BCUT2D eigenvalue weighted by molar-refractivity contribution is 0.225. The number of benzene rings is 2. The van der Waals surface area contributed by atoms with Crippen molar-refractivity contribution in [1.82, 2.24) is 15.2 Å². The normalized spacial score (nSPS) is 15.4. The van der Waals surface area contributed by atoms with Crippen molar-refractivity contribution < 1.29 is 4.74 Å². The van der Waals surface area contributed by atoms with Crippen LogP contribution in [0.1, 0.15) is 24.3 Å². The van der Waals surface area contributed by atoms with Crippen molar-refractivity contribution in [2.45, 2.75) is 25.2 Å². The van der Waals surface area contributed by atoms with E-state index in [4.69, 9.17) is 4.74 Å². The van der Waals surface area contributed by atoms with Gasteiger partial charge in [-0.15, -0.1) is 10.2 Å². The Morgan fingerprint density at radius 1 is 1.08 bits per heavy atom. The summed E-state index contributed by atoms with van der Waals surface area (Å²) in [6, 6.07) is 16.3. The first kappa shape index (κ1) is 15.9. The van der Waals surface area contributed by atoms with Crippen molar-refractivity contribution in [1.29, 1.82) is 0 Å². The van der Waals surface area contributed by atoms with Gasteiger partial charge in [0.1, 0.15) is 0 Å². The molecule has 1 aromatic heterocycles. The minimum absolute atomic E-state index is 0.334. The molecule has 0 saturated heterocycles. The van der Waals surface area contributed by atoms with Crippen LogP contribution in [0.3, 0.4) is 0 Å². The number of nitrogens with one attached hydrogen (secondary N) is 1. The number of ether oxygens (including phenoxy) is 1. The van der Waals surface area contributed by atoms with E-state index < -0.39 is 0 Å². The molecule has 4 rings (SSSR count). The van der Waals surface area contributed by atoms with Gasteiger partial charge in [0.15, 0.2) is 11.9 Å². The number of hydrogen-bond donors (Lipinski definition) is 1. The molecular formula is C19H18N4OS. The molecule has 1 unspecified atom stereocenters. The zero-order chi connectivity index (χ0) is 17.2. The maximum Gasteiger partial charge on any atom is 0.247 e. The molecule has 0 fully saturated rings. The predicted octanol–water partition coefficient (Wildman–Crippen LogP) is 4.46. The number of fused-ring (bicyclic) bond motifs is 3. The Morgan fingerprint density at radius 2 is 1.88 bits per heavy atom. The molecule has 0 aliphatic carbocycles. The highest BCUT2D eigenvalue weighted by atomic mass is 32.2. The first-order chi connectivity index (χ1) is 12.2. The van der Waals surface area contributed by atoms with Gasteiger partial charge in [-0.25, -0.2) is 0 Å². The highest BCUT2D eigenvalue weighted by Crippen LogP contribution is 2.39. The number of rotatable bonds is 3. The number of thioether (sulfide) groups is 1. The molecule has 2 heterocycles. The van der Waals surface area contributed by atoms with Gasteiger partial charge in [0, 0.05) is 16.8 Å². The van der Waals surface area contributed by atoms with Crippen molar-refractivity contribution >= 4 is 17.4 Å². The lowest BCUT2D eigenvalue weighted by Gasteiger charge is -2.19. The molecule has 1 N–H and O–H groups in total. The van der Waals surface area contributed by atoms with E-state index in [2.05, 4.69) is 58.6 Å². The second kappa shape index (κ2) is 6.72. The van der Waals surface area contributed by atoms with Crippen LogP contribution < -0.4 is 10.1 Å². The van der Waals surface area contributed by atoms with E-state index in [9.17, 15) is 0 Å². The fourth-order valence-electron chi connectivity index (χ4n) is 2.73. The fourth-order valence-corrected chi connectivity index (χ4v) is 3.23. The maximum atomic E-state index is 6.21. The van der Waals surface area contributed by atoms with Gasteiger partial charge in [-0.05, 0) is 18.7 Å². The van der Waals surface area contributed by atoms with Crippen LogP contribution >= 0.6 is 11.8 Å². The predicted molar refractivity (Wildman–Crippen MR) is 99.8 cm³/mol. The molecule has 1 aliphatic heterocycles. The molecule has 6 heteroatoms. The molecule has 1 atom stereocenters. The summed E-state index contributed by atoms with van der Waals surface area (Å²) in [7, 11) is 0. The molecule has 2 aromatic carbocycles. The Balaban J connectivity index is 1.82. The smallest absolute Gasteiger partial charge is 0.247 e. The van der Waals surface area contributed by atoms with E-state index in [-0.39, 0.29) is 6.23 Å². The summed E-state index contributed by atoms with van der Waals surface area (Å²) in [6.07, 6.45) is -0.334. The Labute approximate surface area is 150 Å². The maximum absolute atomic E-state index is 6.21. The average molecular weight is 350 g/mol. The van der Waals surface area contributed by atoms with E-state index in [0.29, 0.717) is 16.7 Å². The average Bonchev–Trinajstić information content (AvgIpc) is 2.79. The minimum atomic E-state index is -0.334. The molecule has 126 valence electrons. The van der Waals surface area contributed by atoms with Gasteiger partial charge in [-0.2, -0.15) is 4.98 Å². The van der Waals surface area contributed by atoms with Crippen LogP contribution in [0.25, 0.3) is 11.3 Å². The molecule has 0 amide bonds. The number of nitrogens with zero attached hydrogens (tertiary/aromatic N) is 3. The Kier molecular flexibility index (Phi) is 4.28. The van der Waals surface area contributed by atoms with Gasteiger partial charge in [0.05, 0.1) is 0 Å². The molecule has 3 aromatic rings. The standard InChI is InChI=1S/C19H18N4OS/c1-3-25-19-21-18-16(22-23-19)14-6-4-5-7-15(14)20-17(24-18)13-10-8-12(2)9-11-13/h4-11,17,20H,3H2,1-2H3. The molecule has 0 radical (unpaired) electrons. The molecular weight excluding hydrogens is 332 g/mol. The third-order valence-electron chi connectivity index (χ3n) is 3.99. The largest absolute Gasteiger partial charge is 0.448 e. The third-order valence-corrected chi connectivity index (χ3v) is 4.71. The SMILES string of the molecule is CCSc1nnc2c(n1)OC(c1ccc(C)cc1)Nc1ccccc1-2. The lowest BCUT2D eigenvalue weighted by Crippen LogP contribution is -2.17. The van der Waals surface area contributed by atoms with Gasteiger partial charge < -0.3 is 10.1 Å². The third kappa shape index (κ3) is 3.17. The number of aryl methyl sites for hydroxylation is 1. The van der Waals surface area contributed by atoms with E-state index in [0.717, 1.165) is 22.6 Å². The lowest BCUT2D eigenvalue weighted by atomic mass is 10.1. The zero-order valence-corrected chi connectivity index (χ0v) is 14.9. The second-order valence-electron chi connectivity index (χ2n) is 5.78. The summed E-state index contributed by atoms with van der Waals surface area (Å²) in [6.45, 7) is 4.13. The molecule has 1 aliphatic rings. The van der Waals surface area contributed by atoms with E-state index in [1.165, 1.54) is 5.56 Å². The topological polar surface area (TPSA) is 59.9 Å². The van der Waals surface area contributed by atoms with Gasteiger partial charge in [-0.1, -0.05) is 66.7 Å². The van der Waals surface area contributed by atoms with Crippen LogP contribution in [0.4, 0.5) is 5.69 Å². The van der Waals surface area contributed by atoms with Crippen LogP contribution in [0, 0.1) is 6.92 Å². The summed E-state index contributed by atoms with van der Waals surface area (Å²) in [5, 5.41) is 12.7. The van der Waals surface area contributed by atoms with Crippen LogP contribution in [-0.4, -0.2) is 20.9 Å². The number of aromatic nitrogens is 3. The van der Waals surface area contributed by atoms with Crippen molar-refractivity contribution in [2.75, 3.05) is 11.1 Å². The molecule has 0 saturated carbocycles. The van der Waals surface area contributed by atoms with Crippen LogP contribution in [0.15, 0.2) is 53.7 Å². The monoisotopic (exact) mass is 350 g/mol. The first-order valence-corrected chi connectivity index (χ1v) is 9.20. The minimum Gasteiger partial charge on any atom is -0.448 e. The summed E-state index contributed by atoms with van der Waals surface area (Å²) in [5.74, 6) is 1.39. The van der Waals surface area contributed by atoms with Crippen molar-refractivity contribution in [3.8, 4) is 17.1 Å². The van der Waals surface area contributed by atoms with E-state index >= 15 is 0 Å². The van der Waals surface area contributed by atoms with Crippen molar-refractivity contribution in [3.05, 3.63) is 59.7 Å². The number of para-hydroxylation sites is 1. The van der Waals surface area contributed by atoms with E-state index in [1.54, 1.807) is 11.8 Å². The molecule has 5 nitrogen and oxygen atoms in total. The van der Waals surface area contributed by atoms with E-state index in [1.807, 2.05) is 24.3 Å². The Hall–Kier alpha value is -2.60. The first-order valence-electron chi connectivity index (χ1n) is 8.21. The Morgan fingerprint density at radius 3 is 2.68 bits per heavy atom. The molecule has 0 spiro atoms. The van der Waals surface area contributed by atoms with Gasteiger partial charge in [0.2, 0.25) is 11.0 Å². The van der Waals surface area contributed by atoms with Crippen LogP contribution in [0.2, 0.25) is 0 Å². The summed E-state index contributed by atoms with van der Waals surface area (Å²) < 4.78 is 6.21. The summed E-state index contributed by atoms with van der Waals surface area (Å²) in [5.41, 5.74) is 4.82. The summed E-state index contributed by atoms with van der Waals surface area (Å²) in [4.78, 5) is 4.58. The highest BCUT2D eigenvalue weighted by molar-refractivity contribution is 7.99. The molecule has 25 heavy (non-hydrogen) atoms. The van der Waals surface area contributed by atoms with Crippen molar-refractivity contribution in [2.24, 2.45) is 0 Å². The molecule has 0 bridgehead atoms. The van der Waals surface area contributed by atoms with Gasteiger partial charge in [0.25, 0.3) is 0 Å². The van der Waals surface area contributed by atoms with Gasteiger partial charge in [-0.3, -0.25) is 0 Å². The second-order valence-corrected chi connectivity index (χ2v) is 7.01. The van der Waals surface area contributed by atoms with Crippen LogP contribution in [-0.2, 0) is 0 Å². The summed E-state index contributed by atoms with van der Waals surface area (Å²) >= 11 is 1.55. The number of anilines is 1. The van der Waals surface area contributed by atoms with Crippen molar-refractivity contribution in [3.63, 3.8) is 0 Å². The zero-order valence-electron chi connectivity index (χ0n) is 14.1. The fraction of sp³-hybridized carbons (Fsp3) is 0.211. The quantitative estimate of drug-likeness (QED) is 0.704. The van der Waals surface area contributed by atoms with Crippen LogP contribution in [0.5, 0.6) is 5.88 Å². The number of hydrogen-bond acceptors (Lipinski definition) is 6. The van der Waals surface area contributed by atoms with Gasteiger partial charge >= 0.3 is 0 Å². The Bertz CT molecular complexity index is 898.